The maximum Gasteiger partial charge on any atom is 0.131 e. The Balaban J connectivity index is 0.962. The second-order valence-corrected chi connectivity index (χ2v) is 15.5. The molecule has 2 aliphatic rings. The number of rotatable bonds is 7. The van der Waals surface area contributed by atoms with Gasteiger partial charge in [-0.3, -0.25) is 0 Å². The van der Waals surface area contributed by atoms with Gasteiger partial charge in [0.25, 0.3) is 0 Å². The summed E-state index contributed by atoms with van der Waals surface area (Å²) in [5.74, 6) is 1.62. The molecule has 9 aromatic rings. The van der Waals surface area contributed by atoms with Crippen molar-refractivity contribution >= 4 is 38.9 Å². The quantitative estimate of drug-likeness (QED) is 0.162. The van der Waals surface area contributed by atoms with E-state index in [0.29, 0.717) is 12.0 Å². The number of ether oxygens (including phenoxy) is 1. The molecular weight excluding hydrogens is 693 g/mol. The Morgan fingerprint density at radius 2 is 1.00 bits per heavy atom. The van der Waals surface area contributed by atoms with Crippen molar-refractivity contribution in [3.05, 3.63) is 200 Å². The van der Waals surface area contributed by atoms with Gasteiger partial charge in [0, 0.05) is 50.6 Å². The first-order chi connectivity index (χ1) is 28.3. The van der Waals surface area contributed by atoms with Crippen LogP contribution in [0.5, 0.6) is 5.75 Å². The summed E-state index contributed by atoms with van der Waals surface area (Å²) in [4.78, 5) is 2.36. The molecule has 8 aromatic carbocycles. The van der Waals surface area contributed by atoms with Gasteiger partial charge in [-0.15, -0.1) is 0 Å². The van der Waals surface area contributed by atoms with Crippen LogP contribution in [0.3, 0.4) is 0 Å². The van der Waals surface area contributed by atoms with Crippen molar-refractivity contribution in [1.82, 2.24) is 4.57 Å². The van der Waals surface area contributed by atoms with Crippen molar-refractivity contribution in [3.8, 4) is 44.8 Å². The van der Waals surface area contributed by atoms with Gasteiger partial charge in [-0.05, 0) is 114 Å². The van der Waals surface area contributed by atoms with Crippen LogP contribution in [0.2, 0.25) is 0 Å². The third-order valence-electron chi connectivity index (χ3n) is 12.2. The maximum absolute atomic E-state index is 6.66. The number of benzene rings is 8. The molecule has 0 spiro atoms. The molecule has 0 radical (unpaired) electrons. The minimum absolute atomic E-state index is 0.322. The lowest BCUT2D eigenvalue weighted by molar-refractivity contribution is 0.164. The average Bonchev–Trinajstić information content (AvgIpc) is 3.84. The summed E-state index contributed by atoms with van der Waals surface area (Å²) >= 11 is 0. The average molecular weight is 735 g/mol. The van der Waals surface area contributed by atoms with Crippen molar-refractivity contribution in [2.24, 2.45) is 0 Å². The van der Waals surface area contributed by atoms with E-state index in [2.05, 4.69) is 204 Å². The number of fused-ring (bicyclic) bond motifs is 6. The minimum Gasteiger partial charge on any atom is -0.489 e. The SMILES string of the molecule is c1ccc(-c2ccc(N(c3ccc(-c4ccc5c(c4)c4ccccc4n5-c4ccccc4)cc3)c3ccc(-c4cccc5c4OC4CCCCC54)cc3)cc2)cc1. The van der Waals surface area contributed by atoms with E-state index in [1.807, 2.05) is 0 Å². The molecule has 3 nitrogen and oxygen atoms in total. The van der Waals surface area contributed by atoms with E-state index in [0.717, 1.165) is 29.2 Å². The molecule has 2 unspecified atom stereocenters. The lowest BCUT2D eigenvalue weighted by atomic mass is 9.83. The largest absolute Gasteiger partial charge is 0.489 e. The van der Waals surface area contributed by atoms with Crippen LogP contribution in [-0.4, -0.2) is 10.7 Å². The van der Waals surface area contributed by atoms with Crippen molar-refractivity contribution in [3.63, 3.8) is 0 Å². The molecule has 2 atom stereocenters. The number of para-hydroxylation sites is 3. The molecule has 57 heavy (non-hydrogen) atoms. The zero-order valence-electron chi connectivity index (χ0n) is 31.8. The van der Waals surface area contributed by atoms with Crippen molar-refractivity contribution in [2.75, 3.05) is 4.90 Å². The molecule has 11 rings (SSSR count). The predicted molar refractivity (Wildman–Crippen MR) is 237 cm³/mol. The monoisotopic (exact) mass is 734 g/mol. The summed E-state index contributed by atoms with van der Waals surface area (Å²) in [5, 5.41) is 2.51. The summed E-state index contributed by atoms with van der Waals surface area (Å²) in [6, 6.07) is 70.6. The van der Waals surface area contributed by atoms with Gasteiger partial charge in [-0.25, -0.2) is 0 Å². The van der Waals surface area contributed by atoms with Gasteiger partial charge in [0.1, 0.15) is 11.9 Å². The van der Waals surface area contributed by atoms with Crippen LogP contribution in [0.1, 0.15) is 37.2 Å². The molecule has 0 saturated heterocycles. The van der Waals surface area contributed by atoms with E-state index in [1.165, 1.54) is 85.7 Å². The second kappa shape index (κ2) is 14.0. The zero-order chi connectivity index (χ0) is 37.7. The molecule has 2 heterocycles. The zero-order valence-corrected chi connectivity index (χ0v) is 31.8. The summed E-state index contributed by atoms with van der Waals surface area (Å²) in [6.07, 6.45) is 5.26. The van der Waals surface area contributed by atoms with Crippen LogP contribution in [0, 0.1) is 0 Å². The van der Waals surface area contributed by atoms with Crippen LogP contribution in [0.4, 0.5) is 17.1 Å². The topological polar surface area (TPSA) is 17.4 Å². The van der Waals surface area contributed by atoms with Crippen LogP contribution < -0.4 is 9.64 Å². The van der Waals surface area contributed by atoms with Crippen molar-refractivity contribution in [1.29, 1.82) is 0 Å². The number of nitrogens with zero attached hydrogens (tertiary/aromatic N) is 2. The van der Waals surface area contributed by atoms with E-state index in [4.69, 9.17) is 4.74 Å². The van der Waals surface area contributed by atoms with Gasteiger partial charge in [0.05, 0.1) is 11.0 Å². The molecule has 3 heteroatoms. The van der Waals surface area contributed by atoms with Crippen LogP contribution in [0.25, 0.3) is 60.9 Å². The molecule has 0 amide bonds. The van der Waals surface area contributed by atoms with E-state index in [9.17, 15) is 0 Å². The Kier molecular flexibility index (Phi) is 8.24. The van der Waals surface area contributed by atoms with Crippen LogP contribution in [-0.2, 0) is 0 Å². The van der Waals surface area contributed by atoms with Crippen molar-refractivity contribution in [2.45, 2.75) is 37.7 Å². The molecule has 1 aromatic heterocycles. The Labute approximate surface area is 334 Å². The molecule has 0 N–H and O–H groups in total. The third kappa shape index (κ3) is 5.90. The number of aromatic nitrogens is 1. The van der Waals surface area contributed by atoms with Crippen LogP contribution >= 0.6 is 0 Å². The normalized spacial score (nSPS) is 15.9. The molecule has 1 saturated carbocycles. The molecule has 274 valence electrons. The van der Waals surface area contributed by atoms with Gasteiger partial charge in [-0.2, -0.15) is 0 Å². The van der Waals surface area contributed by atoms with E-state index in [-0.39, 0.29) is 0 Å². The molecular formula is C54H42N2O. The molecule has 0 bridgehead atoms. The Morgan fingerprint density at radius 1 is 0.439 bits per heavy atom. The summed E-state index contributed by atoms with van der Waals surface area (Å²) in [7, 11) is 0. The van der Waals surface area contributed by atoms with Gasteiger partial charge in [0.2, 0.25) is 0 Å². The predicted octanol–water partition coefficient (Wildman–Crippen LogP) is 14.7. The highest BCUT2D eigenvalue weighted by Crippen LogP contribution is 2.50. The summed E-state index contributed by atoms with van der Waals surface area (Å²) in [5.41, 5.74) is 15.5. The highest BCUT2D eigenvalue weighted by Gasteiger charge is 2.37. The Morgan fingerprint density at radius 3 is 1.72 bits per heavy atom. The lowest BCUT2D eigenvalue weighted by Gasteiger charge is -2.26. The standard InChI is InChI=1S/C54H42N2O/c1-3-12-37(13-4-1)38-22-29-43(30-23-38)55(45-33-26-40(27-34-45)46-18-11-19-49-48-17-8-10-21-53(48)57-54(46)49)44-31-24-39(25-32-44)41-28-35-52-50(36-41)47-16-7-9-20-51(47)56(52)42-14-5-2-6-15-42/h1-7,9,11-16,18-20,22-36,48,53H,8,10,17,21H2. The minimum atomic E-state index is 0.322. The van der Waals surface area contributed by atoms with Gasteiger partial charge < -0.3 is 14.2 Å². The Bertz CT molecular complexity index is 2860. The van der Waals surface area contributed by atoms with Gasteiger partial charge in [0.15, 0.2) is 0 Å². The lowest BCUT2D eigenvalue weighted by Crippen LogP contribution is -2.22. The van der Waals surface area contributed by atoms with Crippen molar-refractivity contribution < 1.29 is 4.74 Å². The Hall–Kier alpha value is -6.84. The first-order valence-electron chi connectivity index (χ1n) is 20.3. The highest BCUT2D eigenvalue weighted by atomic mass is 16.5. The molecule has 1 fully saturated rings. The van der Waals surface area contributed by atoms with E-state index >= 15 is 0 Å². The third-order valence-corrected chi connectivity index (χ3v) is 12.2. The first kappa shape index (κ1) is 33.5. The summed E-state index contributed by atoms with van der Waals surface area (Å²) < 4.78 is 9.03. The highest BCUT2D eigenvalue weighted by molar-refractivity contribution is 6.10. The second-order valence-electron chi connectivity index (χ2n) is 15.5. The smallest absolute Gasteiger partial charge is 0.131 e. The van der Waals surface area contributed by atoms with E-state index in [1.54, 1.807) is 0 Å². The molecule has 1 aliphatic heterocycles. The fourth-order valence-corrected chi connectivity index (χ4v) is 9.43. The first-order valence-corrected chi connectivity index (χ1v) is 20.3. The number of anilines is 3. The molecule has 1 aliphatic carbocycles. The number of hydrogen-bond donors (Lipinski definition) is 0. The van der Waals surface area contributed by atoms with Crippen LogP contribution in [0.15, 0.2) is 194 Å². The fourth-order valence-electron chi connectivity index (χ4n) is 9.43. The summed E-state index contributed by atoms with van der Waals surface area (Å²) in [6.45, 7) is 0. The van der Waals surface area contributed by atoms with Gasteiger partial charge in [-0.1, -0.05) is 134 Å². The van der Waals surface area contributed by atoms with Gasteiger partial charge >= 0.3 is 0 Å². The fraction of sp³-hybridized carbons (Fsp3) is 0.111. The van der Waals surface area contributed by atoms with E-state index < -0.39 is 0 Å². The number of hydrogen-bond acceptors (Lipinski definition) is 2. The maximum atomic E-state index is 6.66.